The molecule has 1 aromatic carbocycles. The maximum Gasteiger partial charge on any atom is 0.410 e. The van der Waals surface area contributed by atoms with Gasteiger partial charge in [-0.05, 0) is 32.8 Å². The van der Waals surface area contributed by atoms with Gasteiger partial charge < -0.3 is 14.7 Å². The summed E-state index contributed by atoms with van der Waals surface area (Å²) in [6, 6.07) is 8.79. The molecule has 21 heavy (non-hydrogen) atoms. The highest BCUT2D eigenvalue weighted by Crippen LogP contribution is 2.38. The molecule has 0 unspecified atom stereocenters. The Balaban J connectivity index is 2.28. The minimum absolute atomic E-state index is 0.394. The molecule has 2 rings (SSSR count). The van der Waals surface area contributed by atoms with Crippen LogP contribution in [0.15, 0.2) is 30.3 Å². The highest BCUT2D eigenvalue weighted by atomic mass is 16.6. The van der Waals surface area contributed by atoms with Crippen molar-refractivity contribution in [3.05, 3.63) is 35.9 Å². The first kappa shape index (κ1) is 15.4. The van der Waals surface area contributed by atoms with E-state index < -0.39 is 29.6 Å². The summed E-state index contributed by atoms with van der Waals surface area (Å²) < 4.78 is 5.40. The van der Waals surface area contributed by atoms with Crippen molar-refractivity contribution in [2.45, 2.75) is 38.8 Å². The molecule has 1 aliphatic heterocycles. The second-order valence-corrected chi connectivity index (χ2v) is 6.26. The minimum Gasteiger partial charge on any atom is -0.481 e. The third kappa shape index (κ3) is 3.54. The molecule has 1 heterocycles. The number of likely N-dealkylation sites (tertiary alicyclic amines) is 1. The predicted octanol–water partition coefficient (Wildman–Crippen LogP) is 3.07. The monoisotopic (exact) mass is 291 g/mol. The quantitative estimate of drug-likeness (QED) is 0.909. The molecule has 114 valence electrons. The van der Waals surface area contributed by atoms with Crippen LogP contribution in [0.3, 0.4) is 0 Å². The number of benzene rings is 1. The molecule has 0 aromatic heterocycles. The lowest BCUT2D eigenvalue weighted by Gasteiger charge is -2.30. The van der Waals surface area contributed by atoms with Gasteiger partial charge in [0.15, 0.2) is 0 Å². The number of carboxylic acid groups (broad SMARTS) is 1. The van der Waals surface area contributed by atoms with Crippen LogP contribution < -0.4 is 0 Å². The fraction of sp³-hybridized carbons (Fsp3) is 0.500. The fourth-order valence-corrected chi connectivity index (χ4v) is 2.64. The normalized spacial score (nSPS) is 22.1. The summed E-state index contributed by atoms with van der Waals surface area (Å²) >= 11 is 0. The first-order valence-electron chi connectivity index (χ1n) is 7.07. The Labute approximate surface area is 124 Å². The Morgan fingerprint density at radius 1 is 1.24 bits per heavy atom. The Morgan fingerprint density at radius 3 is 2.38 bits per heavy atom. The summed E-state index contributed by atoms with van der Waals surface area (Å²) in [5.41, 5.74) is 0.230. The van der Waals surface area contributed by atoms with E-state index in [1.54, 1.807) is 20.8 Å². The number of carboxylic acids is 1. The van der Waals surface area contributed by atoms with Gasteiger partial charge in [0, 0.05) is 6.54 Å². The molecule has 5 nitrogen and oxygen atoms in total. The van der Waals surface area contributed by atoms with E-state index in [1.165, 1.54) is 4.90 Å². The molecular weight excluding hydrogens is 270 g/mol. The molecule has 1 amide bonds. The summed E-state index contributed by atoms with van der Waals surface area (Å²) in [5.74, 6) is -1.48. The lowest BCUT2D eigenvalue weighted by Crippen LogP contribution is -2.38. The van der Waals surface area contributed by atoms with Crippen LogP contribution in [0.4, 0.5) is 4.79 Å². The first-order chi connectivity index (χ1) is 9.79. The van der Waals surface area contributed by atoms with Gasteiger partial charge in [0.25, 0.3) is 0 Å². The maximum absolute atomic E-state index is 12.3. The van der Waals surface area contributed by atoms with Gasteiger partial charge in [-0.3, -0.25) is 4.79 Å². The van der Waals surface area contributed by atoms with Crippen molar-refractivity contribution in [3.63, 3.8) is 0 Å². The number of amides is 1. The molecule has 1 N–H and O–H groups in total. The van der Waals surface area contributed by atoms with Gasteiger partial charge >= 0.3 is 12.1 Å². The number of hydrogen-bond donors (Lipinski definition) is 1. The lowest BCUT2D eigenvalue weighted by atomic mass is 9.94. The molecule has 1 saturated heterocycles. The molecule has 1 aromatic rings. The number of nitrogens with zero attached hydrogens (tertiary/aromatic N) is 1. The van der Waals surface area contributed by atoms with Crippen molar-refractivity contribution in [3.8, 4) is 0 Å². The van der Waals surface area contributed by atoms with Crippen LogP contribution in [-0.2, 0) is 9.53 Å². The van der Waals surface area contributed by atoms with Crippen molar-refractivity contribution < 1.29 is 19.4 Å². The van der Waals surface area contributed by atoms with Crippen molar-refractivity contribution in [1.82, 2.24) is 4.90 Å². The largest absolute Gasteiger partial charge is 0.481 e. The van der Waals surface area contributed by atoms with Gasteiger partial charge in [-0.2, -0.15) is 0 Å². The maximum atomic E-state index is 12.3. The van der Waals surface area contributed by atoms with Gasteiger partial charge in [-0.1, -0.05) is 30.3 Å². The smallest absolute Gasteiger partial charge is 0.410 e. The van der Waals surface area contributed by atoms with E-state index in [0.29, 0.717) is 13.0 Å². The van der Waals surface area contributed by atoms with E-state index in [2.05, 4.69) is 0 Å². The number of aliphatic carboxylic acids is 1. The van der Waals surface area contributed by atoms with Gasteiger partial charge in [-0.25, -0.2) is 4.79 Å². The van der Waals surface area contributed by atoms with E-state index in [4.69, 9.17) is 4.74 Å². The van der Waals surface area contributed by atoms with Crippen LogP contribution in [-0.4, -0.2) is 34.2 Å². The van der Waals surface area contributed by atoms with Crippen LogP contribution in [0.2, 0.25) is 0 Å². The van der Waals surface area contributed by atoms with E-state index in [1.807, 2.05) is 30.3 Å². The molecule has 0 saturated carbocycles. The second-order valence-electron chi connectivity index (χ2n) is 6.26. The van der Waals surface area contributed by atoms with Gasteiger partial charge in [-0.15, -0.1) is 0 Å². The van der Waals surface area contributed by atoms with Crippen molar-refractivity contribution in [1.29, 1.82) is 0 Å². The molecule has 0 aliphatic carbocycles. The summed E-state index contributed by atoms with van der Waals surface area (Å²) in [5, 5.41) is 9.40. The van der Waals surface area contributed by atoms with E-state index in [0.717, 1.165) is 5.56 Å². The Bertz CT molecular complexity index is 521. The molecule has 1 aliphatic rings. The average Bonchev–Trinajstić information content (AvgIpc) is 2.82. The zero-order chi connectivity index (χ0) is 15.6. The van der Waals surface area contributed by atoms with Crippen LogP contribution in [0.25, 0.3) is 0 Å². The Kier molecular flexibility index (Phi) is 4.21. The Hall–Kier alpha value is -2.04. The van der Waals surface area contributed by atoms with Crippen molar-refractivity contribution in [2.24, 2.45) is 5.92 Å². The zero-order valence-electron chi connectivity index (χ0n) is 12.6. The second kappa shape index (κ2) is 5.76. The molecule has 2 atom stereocenters. The topological polar surface area (TPSA) is 66.8 Å². The van der Waals surface area contributed by atoms with E-state index >= 15 is 0 Å². The zero-order valence-corrected chi connectivity index (χ0v) is 12.6. The predicted molar refractivity (Wildman–Crippen MR) is 77.9 cm³/mol. The molecule has 5 heteroatoms. The number of ether oxygens (including phenoxy) is 1. The van der Waals surface area contributed by atoms with Crippen molar-refractivity contribution in [2.75, 3.05) is 6.54 Å². The van der Waals surface area contributed by atoms with Crippen molar-refractivity contribution >= 4 is 12.1 Å². The minimum atomic E-state index is -0.880. The summed E-state index contributed by atoms with van der Waals surface area (Å²) in [4.78, 5) is 25.3. The summed E-state index contributed by atoms with van der Waals surface area (Å²) in [6.07, 6.45) is -0.0196. The van der Waals surface area contributed by atoms with Gasteiger partial charge in [0.05, 0.1) is 12.0 Å². The molecule has 0 radical (unpaired) electrons. The van der Waals surface area contributed by atoms with Gasteiger partial charge in [0.1, 0.15) is 5.60 Å². The standard InChI is InChI=1S/C16H21NO4/c1-16(2,3)21-15(20)17-10-9-12(14(18)19)13(17)11-7-5-4-6-8-11/h4-8,12-13H,9-10H2,1-3H3,(H,18,19)/t12-,13-/m1/s1. The third-order valence-corrected chi connectivity index (χ3v) is 3.48. The summed E-state index contributed by atoms with van der Waals surface area (Å²) in [6.45, 7) is 5.79. The molecule has 0 bridgehead atoms. The van der Waals surface area contributed by atoms with E-state index in [9.17, 15) is 14.7 Å². The number of hydrogen-bond acceptors (Lipinski definition) is 3. The molecule has 0 spiro atoms. The van der Waals surface area contributed by atoms with Crippen LogP contribution in [0.1, 0.15) is 38.8 Å². The molecular formula is C16H21NO4. The fourth-order valence-electron chi connectivity index (χ4n) is 2.64. The Morgan fingerprint density at radius 2 is 1.86 bits per heavy atom. The SMILES string of the molecule is CC(C)(C)OC(=O)N1CC[C@@H](C(=O)O)[C@H]1c1ccccc1. The number of carbonyl (C=O) groups is 2. The highest BCUT2D eigenvalue weighted by molar-refractivity contribution is 5.76. The highest BCUT2D eigenvalue weighted by Gasteiger charge is 2.43. The van der Waals surface area contributed by atoms with Crippen LogP contribution in [0, 0.1) is 5.92 Å². The van der Waals surface area contributed by atoms with E-state index in [-0.39, 0.29) is 0 Å². The number of carbonyl (C=O) groups excluding carboxylic acids is 1. The lowest BCUT2D eigenvalue weighted by molar-refractivity contribution is -0.142. The van der Waals surface area contributed by atoms with Crippen LogP contribution in [0.5, 0.6) is 0 Å². The third-order valence-electron chi connectivity index (χ3n) is 3.48. The first-order valence-corrected chi connectivity index (χ1v) is 7.07. The molecule has 1 fully saturated rings. The average molecular weight is 291 g/mol. The van der Waals surface area contributed by atoms with Gasteiger partial charge in [0.2, 0.25) is 0 Å². The number of rotatable bonds is 2. The van der Waals surface area contributed by atoms with Crippen LogP contribution >= 0.6 is 0 Å². The summed E-state index contributed by atoms with van der Waals surface area (Å²) in [7, 11) is 0.